The summed E-state index contributed by atoms with van der Waals surface area (Å²) in [7, 11) is 1.62. The summed E-state index contributed by atoms with van der Waals surface area (Å²) in [5.41, 5.74) is 1.22. The zero-order valence-electron chi connectivity index (χ0n) is 14.2. The normalized spacial score (nSPS) is 17.9. The lowest BCUT2D eigenvalue weighted by Crippen LogP contribution is -2.30. The van der Waals surface area contributed by atoms with Crippen LogP contribution in [0.25, 0.3) is 6.08 Å². The highest BCUT2D eigenvalue weighted by atomic mass is 16.7. The van der Waals surface area contributed by atoms with Gasteiger partial charge in [-0.1, -0.05) is 48.5 Å². The molecule has 4 nitrogen and oxygen atoms in total. The molecule has 1 heterocycles. The summed E-state index contributed by atoms with van der Waals surface area (Å²) in [6.07, 6.45) is 1.92. The number of carbonyl (C=O) groups excluding carboxylic acids is 1. The summed E-state index contributed by atoms with van der Waals surface area (Å²) in [5, 5.41) is 1.41. The molecule has 0 atom stereocenters. The van der Waals surface area contributed by atoms with Crippen molar-refractivity contribution in [3.63, 3.8) is 0 Å². The molecule has 124 valence electrons. The van der Waals surface area contributed by atoms with Gasteiger partial charge in [0.1, 0.15) is 16.9 Å². The van der Waals surface area contributed by atoms with E-state index in [9.17, 15) is 4.79 Å². The number of nitrogens with zero attached hydrogens (tertiary/aromatic N) is 1. The third-order valence-corrected chi connectivity index (χ3v) is 4.19. The largest absolute Gasteiger partial charge is 0.496 e. The molecule has 1 aliphatic rings. The van der Waals surface area contributed by atoms with E-state index in [1.807, 2.05) is 74.5 Å². The summed E-state index contributed by atoms with van der Waals surface area (Å²) in [6.45, 7) is 4.11. The Balaban J connectivity index is 1.87. The molecule has 2 aromatic rings. The third-order valence-electron chi connectivity index (χ3n) is 4.19. The Morgan fingerprint density at radius 2 is 1.75 bits per heavy atom. The van der Waals surface area contributed by atoms with Crippen molar-refractivity contribution in [3.8, 4) is 5.75 Å². The molecule has 0 bridgehead atoms. The van der Waals surface area contributed by atoms with Crippen molar-refractivity contribution in [2.75, 3.05) is 7.11 Å². The monoisotopic (exact) mass is 323 g/mol. The lowest BCUT2D eigenvalue weighted by molar-refractivity contribution is -0.159. The first-order chi connectivity index (χ1) is 11.5. The summed E-state index contributed by atoms with van der Waals surface area (Å²) >= 11 is 0. The van der Waals surface area contributed by atoms with E-state index in [1.54, 1.807) is 7.11 Å². The second-order valence-corrected chi connectivity index (χ2v) is 6.29. The van der Waals surface area contributed by atoms with E-state index in [4.69, 9.17) is 9.57 Å². The molecule has 4 heteroatoms. The highest BCUT2D eigenvalue weighted by molar-refractivity contribution is 5.87. The van der Waals surface area contributed by atoms with Crippen molar-refractivity contribution in [2.45, 2.75) is 20.4 Å². The summed E-state index contributed by atoms with van der Waals surface area (Å²) < 4.78 is 5.36. The van der Waals surface area contributed by atoms with E-state index in [0.717, 1.165) is 16.9 Å². The van der Waals surface area contributed by atoms with E-state index in [-0.39, 0.29) is 5.91 Å². The lowest BCUT2D eigenvalue weighted by Gasteiger charge is -2.16. The molecule has 24 heavy (non-hydrogen) atoms. The second-order valence-electron chi connectivity index (χ2n) is 6.29. The number of ether oxygens (including phenoxy) is 1. The Bertz CT molecular complexity index is 765. The number of hydrogen-bond donors (Lipinski definition) is 0. The van der Waals surface area contributed by atoms with Gasteiger partial charge in [-0.3, -0.25) is 4.79 Å². The Kier molecular flexibility index (Phi) is 4.30. The number of methoxy groups -OCH3 is 1. The highest BCUT2D eigenvalue weighted by Crippen LogP contribution is 2.39. The Morgan fingerprint density at radius 3 is 2.46 bits per heavy atom. The molecule has 1 fully saturated rings. The van der Waals surface area contributed by atoms with E-state index < -0.39 is 5.41 Å². The van der Waals surface area contributed by atoms with E-state index in [2.05, 4.69) is 0 Å². The minimum absolute atomic E-state index is 0.0596. The number of carbonyl (C=O) groups is 1. The maximum Gasteiger partial charge on any atom is 0.268 e. The molecule has 0 spiro atoms. The highest BCUT2D eigenvalue weighted by Gasteiger charge is 2.46. The van der Waals surface area contributed by atoms with Crippen molar-refractivity contribution in [2.24, 2.45) is 5.41 Å². The quantitative estimate of drug-likeness (QED) is 0.852. The predicted molar refractivity (Wildman–Crippen MR) is 92.8 cm³/mol. The average Bonchev–Trinajstić information content (AvgIpc) is 2.80. The van der Waals surface area contributed by atoms with Crippen LogP contribution in [0.4, 0.5) is 0 Å². The van der Waals surface area contributed by atoms with Gasteiger partial charge < -0.3 is 9.57 Å². The smallest absolute Gasteiger partial charge is 0.268 e. The fourth-order valence-electron chi connectivity index (χ4n) is 2.69. The van der Waals surface area contributed by atoms with Gasteiger partial charge in [-0.15, -0.1) is 0 Å². The minimum Gasteiger partial charge on any atom is -0.496 e. The molecule has 0 radical (unpaired) electrons. The van der Waals surface area contributed by atoms with E-state index in [1.165, 1.54) is 5.06 Å². The van der Waals surface area contributed by atoms with Crippen LogP contribution in [0.5, 0.6) is 5.75 Å². The van der Waals surface area contributed by atoms with Crippen molar-refractivity contribution in [1.82, 2.24) is 5.06 Å². The topological polar surface area (TPSA) is 38.8 Å². The number of benzene rings is 2. The van der Waals surface area contributed by atoms with Gasteiger partial charge in [-0.2, -0.15) is 5.06 Å². The van der Waals surface area contributed by atoms with Crippen molar-refractivity contribution < 1.29 is 14.4 Å². The summed E-state index contributed by atoms with van der Waals surface area (Å²) in [6, 6.07) is 17.5. The third kappa shape index (κ3) is 3.00. The molecule has 0 aliphatic carbocycles. The van der Waals surface area contributed by atoms with Gasteiger partial charge in [0.05, 0.1) is 13.7 Å². The molecule has 1 saturated heterocycles. The lowest BCUT2D eigenvalue weighted by atomic mass is 9.89. The number of hydrogen-bond acceptors (Lipinski definition) is 3. The molecular formula is C20H21NO3. The molecule has 0 N–H and O–H groups in total. The molecule has 3 rings (SSSR count). The molecule has 0 unspecified atom stereocenters. The van der Waals surface area contributed by atoms with Gasteiger partial charge in [-0.25, -0.2) is 0 Å². The number of amides is 1. The zero-order chi connectivity index (χ0) is 17.2. The minimum atomic E-state index is -0.697. The van der Waals surface area contributed by atoms with Crippen LogP contribution in [0.1, 0.15) is 25.0 Å². The van der Waals surface area contributed by atoms with Crippen LogP contribution in [0.3, 0.4) is 0 Å². The molecule has 1 aliphatic heterocycles. The standard InChI is InChI=1S/C20H21NO3/c1-20(2)18(13-15-9-5-4-6-10-15)24-21(19(20)22)14-16-11-7-8-12-17(16)23-3/h4-13H,14H2,1-3H3/b18-13-. The fraction of sp³-hybridized carbons (Fsp3) is 0.250. The van der Waals surface area contributed by atoms with Crippen molar-refractivity contribution >= 4 is 12.0 Å². The SMILES string of the molecule is COc1ccccc1CN1O/C(=C\c2ccccc2)C(C)(C)C1=O. The Morgan fingerprint density at radius 1 is 1.08 bits per heavy atom. The van der Waals surface area contributed by atoms with Gasteiger partial charge in [0.15, 0.2) is 0 Å². The Hall–Kier alpha value is -2.75. The molecule has 0 saturated carbocycles. The van der Waals surface area contributed by atoms with Gasteiger partial charge in [0.2, 0.25) is 0 Å². The van der Waals surface area contributed by atoms with Gasteiger partial charge in [0, 0.05) is 5.56 Å². The van der Waals surface area contributed by atoms with Gasteiger partial charge >= 0.3 is 0 Å². The predicted octanol–water partition coefficient (Wildman–Crippen LogP) is 4.04. The summed E-state index contributed by atoms with van der Waals surface area (Å²) in [4.78, 5) is 18.6. The van der Waals surface area contributed by atoms with Crippen LogP contribution in [-0.4, -0.2) is 18.1 Å². The first-order valence-electron chi connectivity index (χ1n) is 7.91. The van der Waals surface area contributed by atoms with Gasteiger partial charge in [-0.05, 0) is 31.6 Å². The zero-order valence-corrected chi connectivity index (χ0v) is 14.2. The maximum absolute atomic E-state index is 12.8. The van der Waals surface area contributed by atoms with E-state index in [0.29, 0.717) is 12.3 Å². The number of para-hydroxylation sites is 1. The number of hydroxylamine groups is 2. The van der Waals surface area contributed by atoms with Crippen molar-refractivity contribution in [1.29, 1.82) is 0 Å². The average molecular weight is 323 g/mol. The first-order valence-corrected chi connectivity index (χ1v) is 7.91. The van der Waals surface area contributed by atoms with Crippen LogP contribution in [-0.2, 0) is 16.2 Å². The molecule has 2 aromatic carbocycles. The van der Waals surface area contributed by atoms with Gasteiger partial charge in [0.25, 0.3) is 5.91 Å². The fourth-order valence-corrected chi connectivity index (χ4v) is 2.69. The Labute approximate surface area is 142 Å². The second kappa shape index (κ2) is 6.40. The van der Waals surface area contributed by atoms with Crippen LogP contribution < -0.4 is 4.74 Å². The molecule has 1 amide bonds. The molecule has 0 aromatic heterocycles. The van der Waals surface area contributed by atoms with Crippen LogP contribution in [0.2, 0.25) is 0 Å². The van der Waals surface area contributed by atoms with Crippen LogP contribution in [0.15, 0.2) is 60.4 Å². The van der Waals surface area contributed by atoms with E-state index >= 15 is 0 Å². The summed E-state index contributed by atoms with van der Waals surface area (Å²) in [5.74, 6) is 1.33. The number of rotatable bonds is 4. The first kappa shape index (κ1) is 16.1. The molecular weight excluding hydrogens is 302 g/mol. The van der Waals surface area contributed by atoms with Crippen molar-refractivity contribution in [3.05, 3.63) is 71.5 Å². The van der Waals surface area contributed by atoms with Crippen LogP contribution in [0, 0.1) is 5.41 Å². The van der Waals surface area contributed by atoms with Crippen LogP contribution >= 0.6 is 0 Å². The maximum atomic E-state index is 12.8.